The van der Waals surface area contributed by atoms with Gasteiger partial charge in [0.05, 0.1) is 38.0 Å². The second-order valence-corrected chi connectivity index (χ2v) is 16.6. The lowest BCUT2D eigenvalue weighted by molar-refractivity contribution is -0.126. The van der Waals surface area contributed by atoms with E-state index in [9.17, 15) is 37.9 Å². The second kappa shape index (κ2) is 25.2. The highest BCUT2D eigenvalue weighted by Crippen LogP contribution is 2.66. The Morgan fingerprint density at radius 2 is 1.90 bits per heavy atom. The van der Waals surface area contributed by atoms with E-state index in [1.54, 1.807) is 18.2 Å². The molecule has 29 nitrogen and oxygen atoms in total. The molecule has 0 radical (unpaired) electrons. The van der Waals surface area contributed by atoms with Gasteiger partial charge >= 0.3 is 29.2 Å². The van der Waals surface area contributed by atoms with E-state index in [-0.39, 0.29) is 50.1 Å². The minimum atomic E-state index is -5.82. The molecule has 2 amide bonds. The first kappa shape index (κ1) is 51.4. The van der Waals surface area contributed by atoms with E-state index in [2.05, 4.69) is 60.7 Å². The Bertz CT molecular complexity index is 2220. The molecule has 0 saturated carbocycles. The molecule has 1 aliphatic rings. The van der Waals surface area contributed by atoms with Crippen molar-refractivity contribution in [3.05, 3.63) is 73.0 Å². The fourth-order valence-electron chi connectivity index (χ4n) is 4.90. The largest absolute Gasteiger partial charge is 0.491 e. The number of aromatic nitrogens is 2. The molecule has 1 aliphatic heterocycles. The quantitative estimate of drug-likeness (QED) is 0.0177. The average molecular weight is 938 g/mol. The molecule has 2 aromatic rings. The number of unbranched alkanes of at least 4 members (excludes halogenated alkanes) is 1. The van der Waals surface area contributed by atoms with Crippen LogP contribution in [-0.2, 0) is 50.6 Å². The van der Waals surface area contributed by atoms with Crippen molar-refractivity contribution in [2.75, 3.05) is 58.6 Å². The van der Waals surface area contributed by atoms with E-state index in [1.807, 2.05) is 6.92 Å². The van der Waals surface area contributed by atoms with Crippen molar-refractivity contribution in [2.45, 2.75) is 50.8 Å². The molecule has 0 spiro atoms. The maximum atomic E-state index is 12.8. The predicted octanol–water partition coefficient (Wildman–Crippen LogP) is 1.86. The zero-order chi connectivity index (χ0) is 45.8. The van der Waals surface area contributed by atoms with E-state index < -0.39 is 79.7 Å². The van der Waals surface area contributed by atoms with Crippen molar-refractivity contribution in [3.63, 3.8) is 0 Å². The Morgan fingerprint density at radius 1 is 1.13 bits per heavy atom. The van der Waals surface area contributed by atoms with Crippen LogP contribution in [0, 0.1) is 11.8 Å². The lowest BCUT2D eigenvalue weighted by Crippen LogP contribution is -2.30. The van der Waals surface area contributed by atoms with Gasteiger partial charge in [-0.1, -0.05) is 41.5 Å². The van der Waals surface area contributed by atoms with Gasteiger partial charge in [-0.25, -0.2) is 18.5 Å². The predicted molar refractivity (Wildman–Crippen MR) is 209 cm³/mol. The molecular formula is C30H42N11O18P3. The minimum Gasteiger partial charge on any atom is -0.491 e. The molecule has 0 aliphatic carbocycles. The Labute approximate surface area is 350 Å². The number of ether oxygens (including phenoxy) is 5. The molecule has 8 N–H and O–H groups in total. The van der Waals surface area contributed by atoms with Crippen molar-refractivity contribution >= 4 is 41.1 Å². The van der Waals surface area contributed by atoms with E-state index in [0.717, 1.165) is 23.6 Å². The Morgan fingerprint density at radius 3 is 2.61 bits per heavy atom. The summed E-state index contributed by atoms with van der Waals surface area (Å²) in [6.45, 7) is 0.0675. The number of hydrogen-bond donors (Lipinski definition) is 7. The third kappa shape index (κ3) is 19.0. The monoisotopic (exact) mass is 937 g/mol. The molecule has 32 heteroatoms. The number of nitrogens with two attached hydrogens (primary N) is 1. The fraction of sp³-hybridized carbons (Fsp3) is 0.533. The van der Waals surface area contributed by atoms with Gasteiger partial charge in [-0.05, 0) is 35.7 Å². The van der Waals surface area contributed by atoms with Crippen molar-refractivity contribution in [3.8, 4) is 17.6 Å². The van der Waals surface area contributed by atoms with Crippen LogP contribution in [0.3, 0.4) is 0 Å². The van der Waals surface area contributed by atoms with Gasteiger partial charge in [0.25, 0.3) is 5.91 Å². The molecule has 3 unspecified atom stereocenters. The molecule has 3 rings (SSSR count). The number of rotatable bonds is 26. The van der Waals surface area contributed by atoms with Crippen LogP contribution in [0.5, 0.6) is 5.75 Å². The van der Waals surface area contributed by atoms with Gasteiger partial charge in [0.2, 0.25) is 5.91 Å². The lowest BCUT2D eigenvalue weighted by atomic mass is 10.2. The number of anilines is 1. The highest BCUT2D eigenvalue weighted by atomic mass is 31.3. The van der Waals surface area contributed by atoms with Gasteiger partial charge < -0.3 is 59.6 Å². The zero-order valence-corrected chi connectivity index (χ0v) is 35.2. The first-order valence-corrected chi connectivity index (χ1v) is 22.3. The molecule has 1 aromatic carbocycles. The van der Waals surface area contributed by atoms with Crippen molar-refractivity contribution < 1.29 is 79.7 Å². The van der Waals surface area contributed by atoms with Gasteiger partial charge in [0, 0.05) is 34.5 Å². The summed E-state index contributed by atoms with van der Waals surface area (Å²) in [5.41, 5.74) is 22.8. The normalized spacial score (nSPS) is 18.4. The molecule has 1 aromatic heterocycles. The van der Waals surface area contributed by atoms with E-state index in [1.165, 1.54) is 6.07 Å². The number of amides is 2. The number of nitrogen functional groups attached to an aromatic ring is 1. The maximum Gasteiger partial charge on any atom is 0.490 e. The molecule has 6 atom stereocenters. The Hall–Kier alpha value is -4.93. The molecule has 2 heterocycles. The highest BCUT2D eigenvalue weighted by Gasteiger charge is 2.43. The number of phosphoric ester groups is 1. The van der Waals surface area contributed by atoms with Crippen molar-refractivity contribution in [1.29, 1.82) is 0 Å². The molecule has 62 heavy (non-hydrogen) atoms. The number of azide groups is 2. The van der Waals surface area contributed by atoms with Gasteiger partial charge in [-0.2, -0.15) is 13.6 Å². The number of nitrogens with zero attached hydrogens (tertiary/aromatic N) is 8. The maximum absolute atomic E-state index is 12.8. The number of phosphoric acid groups is 3. The number of benzene rings is 1. The number of carbonyl (C=O) groups excluding carboxylic acids is 2. The summed E-state index contributed by atoms with van der Waals surface area (Å²) in [4.78, 5) is 83.0. The van der Waals surface area contributed by atoms with E-state index >= 15 is 0 Å². The first-order chi connectivity index (χ1) is 29.3. The SMILES string of the molecule is CCCCNC(=O)c1cccc(OCC(N=[N+]=[N-])OCCOCC(=O)NCC#Cc2cn([C@H]3C[C@@H](OCN=[N+]=[N-])[C@@H](COP(=O)(O)OP(=O)(O)OP(=O)(O)O)O3)c(=O)nc2N)c1. The van der Waals surface area contributed by atoms with E-state index in [4.69, 9.17) is 50.3 Å². The summed E-state index contributed by atoms with van der Waals surface area (Å²) in [6, 6.07) is 6.44. The number of carbonyl (C=O) groups is 2. The molecule has 340 valence electrons. The van der Waals surface area contributed by atoms with Crippen LogP contribution in [0.25, 0.3) is 20.9 Å². The zero-order valence-electron chi connectivity index (χ0n) is 32.5. The summed E-state index contributed by atoms with van der Waals surface area (Å²) in [6.07, 6.45) is -2.08. The van der Waals surface area contributed by atoms with Crippen LogP contribution in [0.4, 0.5) is 5.82 Å². The third-order valence-corrected chi connectivity index (χ3v) is 11.4. The Kier molecular flexibility index (Phi) is 20.9. The molecular weight excluding hydrogens is 895 g/mol. The van der Waals surface area contributed by atoms with Crippen LogP contribution in [-0.4, -0.2) is 112 Å². The fourth-order valence-corrected chi connectivity index (χ4v) is 7.93. The Balaban J connectivity index is 1.50. The molecule has 1 fully saturated rings. The van der Waals surface area contributed by atoms with Gasteiger partial charge in [0.15, 0.2) is 6.23 Å². The summed E-state index contributed by atoms with van der Waals surface area (Å²) in [7, 11) is -17.0. The molecule has 0 bridgehead atoms. The van der Waals surface area contributed by atoms with Crippen LogP contribution in [0.1, 0.15) is 48.3 Å². The van der Waals surface area contributed by atoms with Gasteiger partial charge in [0.1, 0.15) is 43.8 Å². The smallest absolute Gasteiger partial charge is 0.490 e. The highest BCUT2D eigenvalue weighted by molar-refractivity contribution is 7.66. The summed E-state index contributed by atoms with van der Waals surface area (Å²) in [5.74, 6) is 4.49. The summed E-state index contributed by atoms with van der Waals surface area (Å²) >= 11 is 0. The second-order valence-electron chi connectivity index (χ2n) is 12.2. The van der Waals surface area contributed by atoms with Crippen LogP contribution < -0.4 is 26.8 Å². The number of nitrogens with one attached hydrogen (secondary N) is 2. The topological polar surface area (TPSA) is 423 Å². The lowest BCUT2D eigenvalue weighted by Gasteiger charge is -2.21. The summed E-state index contributed by atoms with van der Waals surface area (Å²) < 4.78 is 75.2. The minimum absolute atomic E-state index is 0.00159. The number of hydrogen-bond acceptors (Lipinski definition) is 18. The molecule has 1 saturated heterocycles. The van der Waals surface area contributed by atoms with Crippen molar-refractivity contribution in [1.82, 2.24) is 20.2 Å². The standard InChI is InChI=1S/C30H42N11O18P3/c1-2-3-9-35-29(43)20-6-4-8-22(13-20)54-18-26(38-40-33)53-12-11-52-17-25(42)34-10-5-7-21-15-41(30(44)37-28(21)31)27-14-23(55-19-36-39-32)24(57-27)16-56-61(48,49)59-62(50,51)58-60(45,46)47/h4,6,8,13,15,23-24,26-27H,2-3,9-12,14,16-19H2,1H3,(H,34,42)(H,35,43)(H,48,49)(H,50,51)(H2,31,37,44)(H2,45,46,47)/t23-,24-,26?,27-/m1/s1. The summed E-state index contributed by atoms with van der Waals surface area (Å²) in [5, 5.41) is 12.0. The van der Waals surface area contributed by atoms with Crippen LogP contribution >= 0.6 is 23.5 Å². The van der Waals surface area contributed by atoms with Crippen LogP contribution in [0.15, 0.2) is 45.5 Å². The van der Waals surface area contributed by atoms with Gasteiger partial charge in [-0.3, -0.25) is 18.7 Å². The van der Waals surface area contributed by atoms with Gasteiger partial charge in [-0.15, -0.1) is 0 Å². The van der Waals surface area contributed by atoms with Crippen LogP contribution in [0.2, 0.25) is 0 Å². The first-order valence-electron chi connectivity index (χ1n) is 17.8. The van der Waals surface area contributed by atoms with Crippen molar-refractivity contribution in [2.24, 2.45) is 10.2 Å². The average Bonchev–Trinajstić information content (AvgIpc) is 3.59. The van der Waals surface area contributed by atoms with E-state index in [0.29, 0.717) is 17.9 Å². The third-order valence-electron chi connectivity index (χ3n) is 7.55.